The van der Waals surface area contributed by atoms with Gasteiger partial charge < -0.3 is 15.0 Å². The fourth-order valence-electron chi connectivity index (χ4n) is 5.92. The third-order valence-electron chi connectivity index (χ3n) is 8.10. The van der Waals surface area contributed by atoms with Gasteiger partial charge in [-0.3, -0.25) is 19.5 Å². The average molecular weight is 546 g/mol. The number of Topliss-reactive ketones (excluding diaryl/α,β-unsaturated/α-hetero) is 1. The van der Waals surface area contributed by atoms with Crippen molar-refractivity contribution in [3.05, 3.63) is 82.7 Å². The molecule has 5 aliphatic rings. The van der Waals surface area contributed by atoms with E-state index in [4.69, 9.17) is 21.3 Å². The summed E-state index contributed by atoms with van der Waals surface area (Å²) in [7, 11) is 0. The Kier molecular flexibility index (Phi) is 7.34. The van der Waals surface area contributed by atoms with Gasteiger partial charge in [-0.15, -0.1) is 0 Å². The number of carbonyl (C=O) groups excluding carboxylic acids is 2. The Hall–Kier alpha value is -3.33. The van der Waals surface area contributed by atoms with Crippen LogP contribution in [0.5, 0.6) is 0 Å². The Balaban J connectivity index is 1.14. The van der Waals surface area contributed by atoms with Gasteiger partial charge in [0.2, 0.25) is 0 Å². The highest BCUT2D eigenvalue weighted by Gasteiger charge is 2.53. The Labute approximate surface area is 233 Å². The predicted molar refractivity (Wildman–Crippen MR) is 152 cm³/mol. The van der Waals surface area contributed by atoms with Crippen LogP contribution in [0.25, 0.3) is 0 Å². The van der Waals surface area contributed by atoms with Crippen LogP contribution in [0.2, 0.25) is 5.02 Å². The fraction of sp³-hybridized carbons (Fsp3) is 0.400. The van der Waals surface area contributed by atoms with E-state index in [0.717, 1.165) is 44.7 Å². The molecule has 2 atom stereocenters. The molecule has 6 rings (SSSR count). The smallest absolute Gasteiger partial charge is 0.269 e. The number of halogens is 1. The maximum absolute atomic E-state index is 13.3. The number of carbonyl (C=O) groups is 2. The number of nitrogens with zero attached hydrogens (tertiary/aromatic N) is 4. The molecule has 9 heteroatoms. The number of amides is 1. The van der Waals surface area contributed by atoms with E-state index < -0.39 is 11.5 Å². The van der Waals surface area contributed by atoms with Crippen LogP contribution in [-0.4, -0.2) is 84.5 Å². The molecule has 2 fully saturated rings. The first-order chi connectivity index (χ1) is 19.0. The van der Waals surface area contributed by atoms with Crippen molar-refractivity contribution < 1.29 is 14.3 Å². The molecule has 1 saturated heterocycles. The van der Waals surface area contributed by atoms with Gasteiger partial charge in [0.1, 0.15) is 18.2 Å². The normalized spacial score (nSPS) is 26.3. The molecule has 2 unspecified atom stereocenters. The lowest BCUT2D eigenvalue weighted by Gasteiger charge is -2.37. The summed E-state index contributed by atoms with van der Waals surface area (Å²) in [5.74, 6) is -0.828. The van der Waals surface area contributed by atoms with Crippen molar-refractivity contribution in [1.82, 2.24) is 15.1 Å². The molecule has 1 aromatic carbocycles. The largest absolute Gasteiger partial charge is 0.372 e. The summed E-state index contributed by atoms with van der Waals surface area (Å²) in [6.07, 6.45) is 13.5. The topological polar surface area (TPSA) is 86.6 Å². The van der Waals surface area contributed by atoms with E-state index in [9.17, 15) is 9.59 Å². The first-order valence-corrected chi connectivity index (χ1v) is 13.9. The number of rotatable bonds is 7. The minimum absolute atomic E-state index is 0.00638. The molecular formula is C30H32ClN5O3. The van der Waals surface area contributed by atoms with Crippen LogP contribution >= 0.6 is 11.6 Å². The molecule has 0 aromatic heterocycles. The van der Waals surface area contributed by atoms with Crippen molar-refractivity contribution >= 4 is 34.7 Å². The maximum Gasteiger partial charge on any atom is 0.269 e. The molecule has 1 spiro atoms. The first kappa shape index (κ1) is 25.9. The summed E-state index contributed by atoms with van der Waals surface area (Å²) in [4.78, 5) is 40.7. The average Bonchev–Trinajstić information content (AvgIpc) is 3.57. The van der Waals surface area contributed by atoms with Gasteiger partial charge in [0.25, 0.3) is 5.91 Å². The van der Waals surface area contributed by atoms with E-state index in [1.165, 1.54) is 5.70 Å². The van der Waals surface area contributed by atoms with E-state index in [1.807, 2.05) is 30.3 Å². The third-order valence-corrected chi connectivity index (χ3v) is 8.47. The van der Waals surface area contributed by atoms with Gasteiger partial charge in [-0.25, -0.2) is 4.99 Å². The van der Waals surface area contributed by atoms with Crippen LogP contribution < -0.4 is 5.32 Å². The highest BCUT2D eigenvalue weighted by molar-refractivity contribution is 6.33. The van der Waals surface area contributed by atoms with E-state index in [-0.39, 0.29) is 30.5 Å². The lowest BCUT2D eigenvalue weighted by Crippen LogP contribution is -2.55. The number of piperazine rings is 1. The van der Waals surface area contributed by atoms with Crippen molar-refractivity contribution in [2.24, 2.45) is 15.9 Å². The summed E-state index contributed by atoms with van der Waals surface area (Å²) >= 11 is 6.44. The Bertz CT molecular complexity index is 1350. The second-order valence-electron chi connectivity index (χ2n) is 10.4. The molecule has 1 amide bonds. The van der Waals surface area contributed by atoms with E-state index in [0.29, 0.717) is 29.4 Å². The molecule has 2 aliphatic carbocycles. The zero-order valence-corrected chi connectivity index (χ0v) is 22.6. The predicted octanol–water partition coefficient (Wildman–Crippen LogP) is 3.11. The highest BCUT2D eigenvalue weighted by Crippen LogP contribution is 2.38. The lowest BCUT2D eigenvalue weighted by molar-refractivity contribution is -0.120. The molecule has 3 heterocycles. The number of ketones is 1. The summed E-state index contributed by atoms with van der Waals surface area (Å²) in [6.45, 7) is 5.38. The summed E-state index contributed by atoms with van der Waals surface area (Å²) in [5.41, 5.74) is 2.67. The fourth-order valence-corrected chi connectivity index (χ4v) is 6.13. The van der Waals surface area contributed by atoms with Crippen LogP contribution in [0.4, 0.5) is 0 Å². The van der Waals surface area contributed by atoms with E-state index in [2.05, 4.69) is 38.3 Å². The Morgan fingerprint density at radius 3 is 2.79 bits per heavy atom. The van der Waals surface area contributed by atoms with Crippen LogP contribution in [0.15, 0.2) is 82.1 Å². The quantitative estimate of drug-likeness (QED) is 0.569. The molecule has 39 heavy (non-hydrogen) atoms. The van der Waals surface area contributed by atoms with E-state index in [1.54, 1.807) is 12.2 Å². The SMILES string of the molecule is O=C(NCCN1CCN(C2=CC=CC2)CC1)C1=CC=CC23OCN=C2CC(=O)C(Cc2ccccc2Cl)C3=N1. The first-order valence-electron chi connectivity index (χ1n) is 13.6. The number of aliphatic imine (C=N–C) groups is 2. The number of nitrogens with one attached hydrogen (secondary N) is 1. The molecule has 202 valence electrons. The molecule has 1 saturated carbocycles. The summed E-state index contributed by atoms with van der Waals surface area (Å²) in [5, 5.41) is 3.63. The Morgan fingerprint density at radius 2 is 2.00 bits per heavy atom. The number of hydrogen-bond acceptors (Lipinski definition) is 7. The third kappa shape index (κ3) is 5.16. The minimum atomic E-state index is -0.998. The minimum Gasteiger partial charge on any atom is -0.372 e. The maximum atomic E-state index is 13.3. The second kappa shape index (κ2) is 11.0. The molecular weight excluding hydrogens is 514 g/mol. The van der Waals surface area contributed by atoms with E-state index >= 15 is 0 Å². The highest BCUT2D eigenvalue weighted by atomic mass is 35.5. The molecule has 0 radical (unpaired) electrons. The van der Waals surface area contributed by atoms with Gasteiger partial charge in [0.15, 0.2) is 5.60 Å². The standard InChI is InChI=1S/C30H32ClN5O3/c31-24-9-4-1-6-21(24)18-23-26(37)19-27-30(39-20-33-27)11-5-10-25(34-28(23)30)29(38)32-12-13-35-14-16-36(17-15-35)22-7-2-3-8-22/h1-7,9-11,23H,8,12-20H2,(H,32,38). The van der Waals surface area contributed by atoms with Crippen LogP contribution in [0.3, 0.4) is 0 Å². The molecule has 0 bridgehead atoms. The number of hydrogen-bond donors (Lipinski definition) is 1. The van der Waals surface area contributed by atoms with Gasteiger partial charge in [-0.2, -0.15) is 0 Å². The van der Waals surface area contributed by atoms with Crippen molar-refractivity contribution in [3.63, 3.8) is 0 Å². The van der Waals surface area contributed by atoms with Gasteiger partial charge in [0, 0.05) is 62.8 Å². The van der Waals surface area contributed by atoms with Crippen molar-refractivity contribution in [3.8, 4) is 0 Å². The molecule has 1 aromatic rings. The second-order valence-corrected chi connectivity index (χ2v) is 10.8. The zero-order valence-electron chi connectivity index (χ0n) is 21.8. The van der Waals surface area contributed by atoms with Crippen LogP contribution in [-0.2, 0) is 20.7 Å². The van der Waals surface area contributed by atoms with Gasteiger partial charge in [0.05, 0.1) is 17.3 Å². The van der Waals surface area contributed by atoms with Crippen molar-refractivity contribution in [1.29, 1.82) is 0 Å². The zero-order chi connectivity index (χ0) is 26.8. The Morgan fingerprint density at radius 1 is 1.15 bits per heavy atom. The summed E-state index contributed by atoms with van der Waals surface area (Å²) in [6, 6.07) is 7.50. The van der Waals surface area contributed by atoms with Crippen molar-refractivity contribution in [2.75, 3.05) is 46.0 Å². The van der Waals surface area contributed by atoms with Gasteiger partial charge in [-0.1, -0.05) is 48.0 Å². The van der Waals surface area contributed by atoms with Gasteiger partial charge in [-0.05, 0) is 36.3 Å². The number of ether oxygens (including phenoxy) is 1. The monoisotopic (exact) mass is 545 g/mol. The molecule has 1 N–H and O–H groups in total. The van der Waals surface area contributed by atoms with Gasteiger partial charge >= 0.3 is 0 Å². The number of benzene rings is 1. The molecule has 8 nitrogen and oxygen atoms in total. The van der Waals surface area contributed by atoms with Crippen molar-refractivity contribution in [2.45, 2.75) is 24.9 Å². The van der Waals surface area contributed by atoms with Crippen LogP contribution in [0, 0.1) is 5.92 Å². The lowest BCUT2D eigenvalue weighted by atomic mass is 9.71. The molecule has 3 aliphatic heterocycles. The summed E-state index contributed by atoms with van der Waals surface area (Å²) < 4.78 is 6.12. The van der Waals surface area contributed by atoms with Crippen LogP contribution in [0.1, 0.15) is 18.4 Å². The number of allylic oxidation sites excluding steroid dienone is 5.